The molecule has 1 aromatic carbocycles. The highest BCUT2D eigenvalue weighted by Gasteiger charge is 2.17. The van der Waals surface area contributed by atoms with E-state index in [4.69, 9.17) is 5.73 Å². The van der Waals surface area contributed by atoms with Crippen molar-refractivity contribution < 1.29 is 4.79 Å². The van der Waals surface area contributed by atoms with Crippen LogP contribution in [0.1, 0.15) is 5.56 Å². The Morgan fingerprint density at radius 1 is 1.17 bits per heavy atom. The Balaban J connectivity index is 1.81. The second-order valence-electron chi connectivity index (χ2n) is 5.61. The molecule has 2 amide bonds. The second-order valence-corrected chi connectivity index (χ2v) is 6.57. The molecule has 0 fully saturated rings. The molecule has 0 unspecified atom stereocenters. The average Bonchev–Trinajstić information content (AvgIpc) is 3.19. The first-order valence-corrected chi connectivity index (χ1v) is 9.06. The number of hydrogen-bond donors (Lipinski definition) is 2. The van der Waals surface area contributed by atoms with Crippen LogP contribution in [0.3, 0.4) is 0 Å². The molecule has 11 nitrogen and oxygen atoms in total. The molecule has 0 bridgehead atoms. The molecule has 0 spiro atoms. The van der Waals surface area contributed by atoms with Crippen LogP contribution in [0.25, 0.3) is 11.3 Å². The Morgan fingerprint density at radius 3 is 2.76 bits per heavy atom. The van der Waals surface area contributed by atoms with Crippen molar-refractivity contribution in [3.05, 3.63) is 70.6 Å². The normalized spacial score (nSPS) is 11.2. The first-order chi connectivity index (χ1) is 14.1. The zero-order chi connectivity index (χ0) is 20.2. The van der Waals surface area contributed by atoms with E-state index in [-0.39, 0.29) is 11.1 Å². The van der Waals surface area contributed by atoms with Crippen molar-refractivity contribution in [2.45, 2.75) is 10.2 Å². The molecular weight excluding hydrogens is 394 g/mol. The first-order valence-electron chi connectivity index (χ1n) is 8.25. The number of carbonyl (C=O) groups is 1. The molecule has 3 heterocycles. The maximum Gasteiger partial charge on any atom is 0.332 e. The van der Waals surface area contributed by atoms with E-state index in [1.165, 1.54) is 15.3 Å². The van der Waals surface area contributed by atoms with Gasteiger partial charge in [0.1, 0.15) is 10.7 Å². The molecule has 4 rings (SSSR count). The van der Waals surface area contributed by atoms with Crippen molar-refractivity contribution >= 4 is 29.7 Å². The molecule has 144 valence electrons. The van der Waals surface area contributed by atoms with E-state index in [0.717, 1.165) is 17.4 Å². The summed E-state index contributed by atoms with van der Waals surface area (Å²) in [6.45, 7) is 0. The summed E-state index contributed by atoms with van der Waals surface area (Å²) in [5.74, 6) is 0. The predicted octanol–water partition coefficient (Wildman–Crippen LogP) is 0.824. The molecule has 0 saturated heterocycles. The van der Waals surface area contributed by atoms with Crippen LogP contribution in [-0.2, 0) is 0 Å². The van der Waals surface area contributed by atoms with E-state index in [1.807, 2.05) is 30.3 Å². The Labute approximate surface area is 167 Å². The van der Waals surface area contributed by atoms with Gasteiger partial charge in [0.05, 0.1) is 17.5 Å². The summed E-state index contributed by atoms with van der Waals surface area (Å²) in [6, 6.07) is 13.6. The minimum Gasteiger partial charge on any atom is -0.350 e. The monoisotopic (exact) mass is 407 g/mol. The molecule has 0 aliphatic carbocycles. The quantitative estimate of drug-likeness (QED) is 0.283. The minimum atomic E-state index is -0.850. The Morgan fingerprint density at radius 2 is 1.97 bits per heavy atom. The number of nitrogens with zero attached hydrogens (tertiary/aromatic N) is 7. The summed E-state index contributed by atoms with van der Waals surface area (Å²) in [5, 5.41) is 16.2. The van der Waals surface area contributed by atoms with E-state index >= 15 is 0 Å². The van der Waals surface area contributed by atoms with Crippen molar-refractivity contribution in [1.29, 1.82) is 0 Å². The standard InChI is InChI=1S/C17H13N9O2S/c18-16(28)21-19-10-12-14(20-13-8-4-5-9-25(13)15(12)27)29-17-22-23-24-26(17)11-6-2-1-3-7-11/h1-10H,(H3,18,21,28)/b19-10+. The van der Waals surface area contributed by atoms with Crippen molar-refractivity contribution in [2.75, 3.05) is 0 Å². The number of fused-ring (bicyclic) bond motifs is 1. The number of urea groups is 1. The zero-order valence-corrected chi connectivity index (χ0v) is 15.5. The number of nitrogens with one attached hydrogen (secondary N) is 1. The van der Waals surface area contributed by atoms with E-state index in [2.05, 4.69) is 31.0 Å². The van der Waals surface area contributed by atoms with Gasteiger partial charge >= 0.3 is 6.03 Å². The van der Waals surface area contributed by atoms with Gasteiger partial charge in [-0.05, 0) is 46.5 Å². The number of nitrogens with two attached hydrogens (primary N) is 1. The van der Waals surface area contributed by atoms with Crippen LogP contribution < -0.4 is 16.7 Å². The van der Waals surface area contributed by atoms with Crippen LogP contribution in [0.2, 0.25) is 0 Å². The smallest absolute Gasteiger partial charge is 0.332 e. The maximum absolute atomic E-state index is 12.9. The summed E-state index contributed by atoms with van der Waals surface area (Å²) < 4.78 is 2.90. The molecule has 29 heavy (non-hydrogen) atoms. The van der Waals surface area contributed by atoms with Crippen LogP contribution in [-0.4, -0.2) is 41.8 Å². The van der Waals surface area contributed by atoms with Gasteiger partial charge in [-0.15, -0.1) is 5.10 Å². The second kappa shape index (κ2) is 7.90. The number of hydrogen-bond acceptors (Lipinski definition) is 8. The molecule has 12 heteroatoms. The molecule has 3 aromatic heterocycles. The third-order valence-electron chi connectivity index (χ3n) is 3.73. The lowest BCUT2D eigenvalue weighted by molar-refractivity contribution is 0.249. The Kier molecular flexibility index (Phi) is 4.99. The average molecular weight is 407 g/mol. The minimum absolute atomic E-state index is 0.148. The van der Waals surface area contributed by atoms with Crippen molar-refractivity contribution in [3.63, 3.8) is 0 Å². The molecular formula is C17H13N9O2S. The molecule has 3 N–H and O–H groups in total. The lowest BCUT2D eigenvalue weighted by Crippen LogP contribution is -2.26. The number of hydrazone groups is 1. The number of rotatable bonds is 5. The molecule has 4 aromatic rings. The SMILES string of the molecule is NC(=O)N/N=C/c1c(Sc2nnnn2-c2ccccc2)nc2ccccn2c1=O. The van der Waals surface area contributed by atoms with Gasteiger partial charge in [-0.25, -0.2) is 15.2 Å². The van der Waals surface area contributed by atoms with Crippen LogP contribution in [0.5, 0.6) is 0 Å². The number of amides is 2. The molecule has 0 saturated carbocycles. The van der Waals surface area contributed by atoms with Gasteiger partial charge in [0.25, 0.3) is 5.56 Å². The summed E-state index contributed by atoms with van der Waals surface area (Å²) in [4.78, 5) is 28.3. The third kappa shape index (κ3) is 3.82. The molecule has 0 aliphatic heterocycles. The fourth-order valence-electron chi connectivity index (χ4n) is 2.49. The number of para-hydroxylation sites is 1. The Bertz CT molecular complexity index is 1270. The van der Waals surface area contributed by atoms with Crippen molar-refractivity contribution in [1.82, 2.24) is 35.0 Å². The van der Waals surface area contributed by atoms with E-state index in [0.29, 0.717) is 15.8 Å². The van der Waals surface area contributed by atoms with Crippen LogP contribution in [0.4, 0.5) is 4.79 Å². The van der Waals surface area contributed by atoms with Crippen molar-refractivity contribution in [2.24, 2.45) is 10.8 Å². The number of carbonyl (C=O) groups excluding carboxylic acids is 1. The van der Waals surface area contributed by atoms with E-state index < -0.39 is 6.03 Å². The highest BCUT2D eigenvalue weighted by atomic mass is 32.2. The van der Waals surface area contributed by atoms with Gasteiger partial charge in [0.2, 0.25) is 5.16 Å². The number of pyridine rings is 1. The Hall–Kier alpha value is -4.06. The number of benzene rings is 1. The van der Waals surface area contributed by atoms with Gasteiger partial charge in [-0.3, -0.25) is 9.20 Å². The van der Waals surface area contributed by atoms with E-state index in [9.17, 15) is 9.59 Å². The van der Waals surface area contributed by atoms with Crippen LogP contribution in [0, 0.1) is 0 Å². The lowest BCUT2D eigenvalue weighted by Gasteiger charge is -2.08. The van der Waals surface area contributed by atoms with Crippen molar-refractivity contribution in [3.8, 4) is 5.69 Å². The molecule has 0 radical (unpaired) electrons. The molecule has 0 atom stereocenters. The topological polar surface area (TPSA) is 145 Å². The fraction of sp³-hybridized carbons (Fsp3) is 0. The number of primary amides is 1. The predicted molar refractivity (Wildman–Crippen MR) is 105 cm³/mol. The highest BCUT2D eigenvalue weighted by molar-refractivity contribution is 7.99. The summed E-state index contributed by atoms with van der Waals surface area (Å²) >= 11 is 1.10. The van der Waals surface area contributed by atoms with Gasteiger partial charge in [0.15, 0.2) is 0 Å². The highest BCUT2D eigenvalue weighted by Crippen LogP contribution is 2.27. The van der Waals surface area contributed by atoms with Gasteiger partial charge in [-0.1, -0.05) is 24.3 Å². The first kappa shape index (κ1) is 18.3. The fourth-order valence-corrected chi connectivity index (χ4v) is 3.36. The summed E-state index contributed by atoms with van der Waals surface area (Å²) in [7, 11) is 0. The number of tetrazole rings is 1. The van der Waals surface area contributed by atoms with E-state index in [1.54, 1.807) is 24.4 Å². The largest absolute Gasteiger partial charge is 0.350 e. The number of aromatic nitrogens is 6. The van der Waals surface area contributed by atoms with Gasteiger partial charge < -0.3 is 5.73 Å². The lowest BCUT2D eigenvalue weighted by atomic mass is 10.3. The third-order valence-corrected chi connectivity index (χ3v) is 4.67. The maximum atomic E-state index is 12.9. The van der Waals surface area contributed by atoms with Gasteiger partial charge in [0, 0.05) is 6.20 Å². The van der Waals surface area contributed by atoms with Crippen LogP contribution >= 0.6 is 11.8 Å². The van der Waals surface area contributed by atoms with Gasteiger partial charge in [-0.2, -0.15) is 9.78 Å². The zero-order valence-electron chi connectivity index (χ0n) is 14.7. The molecule has 0 aliphatic rings. The van der Waals surface area contributed by atoms with Crippen LogP contribution in [0.15, 0.2) is 74.8 Å². The summed E-state index contributed by atoms with van der Waals surface area (Å²) in [6.07, 6.45) is 2.78. The summed E-state index contributed by atoms with van der Waals surface area (Å²) in [5.41, 5.74) is 8.07.